The third-order valence-electron chi connectivity index (χ3n) is 3.84. The molecule has 0 aromatic carbocycles. The molecule has 2 rings (SSSR count). The number of aromatic nitrogens is 1. The molecule has 1 fully saturated rings. The third kappa shape index (κ3) is 4.07. The van der Waals surface area contributed by atoms with Crippen molar-refractivity contribution in [3.05, 3.63) is 18.0 Å². The van der Waals surface area contributed by atoms with Gasteiger partial charge in [0.2, 0.25) is 10.0 Å². The number of sulfonamides is 1. The smallest absolute Gasteiger partial charge is 0.268 e. The molecule has 0 spiro atoms. The fraction of sp³-hybridized carbons (Fsp3) is 0.643. The molecule has 0 radical (unpaired) electrons. The zero-order valence-corrected chi connectivity index (χ0v) is 13.2. The minimum Gasteiger partial charge on any atom is -0.348 e. The van der Waals surface area contributed by atoms with Crippen molar-refractivity contribution in [2.45, 2.75) is 62.9 Å². The number of nitrogens with one attached hydrogen (secondary N) is 1. The highest BCUT2D eigenvalue weighted by Crippen LogP contribution is 2.19. The van der Waals surface area contributed by atoms with Gasteiger partial charge in [-0.3, -0.25) is 4.79 Å². The van der Waals surface area contributed by atoms with Crippen LogP contribution in [0.5, 0.6) is 0 Å². The topological polar surface area (TPSA) is 94.2 Å². The van der Waals surface area contributed by atoms with E-state index in [1.165, 1.54) is 18.7 Å². The second kappa shape index (κ2) is 6.62. The fourth-order valence-electron chi connectivity index (χ4n) is 2.76. The highest BCUT2D eigenvalue weighted by Gasteiger charge is 2.21. The van der Waals surface area contributed by atoms with Crippen molar-refractivity contribution in [3.63, 3.8) is 0 Å². The van der Waals surface area contributed by atoms with Crippen molar-refractivity contribution in [3.8, 4) is 0 Å². The van der Waals surface area contributed by atoms with Crippen LogP contribution in [0.3, 0.4) is 0 Å². The van der Waals surface area contributed by atoms with Gasteiger partial charge in [-0.05, 0) is 25.3 Å². The number of hydrogen-bond donors (Lipinski definition) is 2. The van der Waals surface area contributed by atoms with Gasteiger partial charge in [0.05, 0.1) is 0 Å². The van der Waals surface area contributed by atoms with Crippen LogP contribution in [0.2, 0.25) is 0 Å². The van der Waals surface area contributed by atoms with E-state index in [0.717, 1.165) is 32.1 Å². The van der Waals surface area contributed by atoms with Crippen molar-refractivity contribution >= 4 is 15.9 Å². The van der Waals surface area contributed by atoms with Crippen LogP contribution in [0.25, 0.3) is 0 Å². The maximum atomic E-state index is 12.4. The quantitative estimate of drug-likeness (QED) is 0.864. The second-order valence-electron chi connectivity index (χ2n) is 5.61. The summed E-state index contributed by atoms with van der Waals surface area (Å²) in [4.78, 5) is 12.4. The monoisotopic (exact) mass is 313 g/mol. The van der Waals surface area contributed by atoms with Crippen LogP contribution >= 0.6 is 0 Å². The van der Waals surface area contributed by atoms with Crippen molar-refractivity contribution in [2.75, 3.05) is 0 Å². The maximum absolute atomic E-state index is 12.4. The van der Waals surface area contributed by atoms with Crippen LogP contribution in [-0.2, 0) is 16.6 Å². The number of nitrogens with two attached hydrogens (primary N) is 1. The standard InChI is InChI=1S/C14H23N3O3S/c1-2-8-17-10-12(21(15,19)20)9-13(17)14(18)16-11-6-4-3-5-7-11/h9-11H,2-8H2,1H3,(H,16,18)(H2,15,19,20). The molecule has 0 saturated heterocycles. The first-order valence-corrected chi connectivity index (χ1v) is 9.00. The molecule has 0 unspecified atom stereocenters. The lowest BCUT2D eigenvalue weighted by Crippen LogP contribution is -2.37. The van der Waals surface area contributed by atoms with Crippen LogP contribution in [0.1, 0.15) is 55.9 Å². The van der Waals surface area contributed by atoms with Gasteiger partial charge in [-0.2, -0.15) is 0 Å². The van der Waals surface area contributed by atoms with Gasteiger partial charge in [0, 0.05) is 18.8 Å². The van der Waals surface area contributed by atoms with Gasteiger partial charge in [0.15, 0.2) is 0 Å². The Hall–Kier alpha value is -1.34. The summed E-state index contributed by atoms with van der Waals surface area (Å²) in [5, 5.41) is 8.15. The number of amides is 1. The molecule has 1 aromatic rings. The van der Waals surface area contributed by atoms with Crippen LogP contribution in [-0.4, -0.2) is 24.9 Å². The van der Waals surface area contributed by atoms with Crippen molar-refractivity contribution in [1.82, 2.24) is 9.88 Å². The second-order valence-corrected chi connectivity index (χ2v) is 7.17. The first-order chi connectivity index (χ1) is 9.91. The van der Waals surface area contributed by atoms with E-state index >= 15 is 0 Å². The average Bonchev–Trinajstić information content (AvgIpc) is 2.84. The van der Waals surface area contributed by atoms with Crippen molar-refractivity contribution < 1.29 is 13.2 Å². The Bertz CT molecular complexity index is 601. The van der Waals surface area contributed by atoms with E-state index in [-0.39, 0.29) is 16.8 Å². The fourth-order valence-corrected chi connectivity index (χ4v) is 3.31. The Morgan fingerprint density at radius 2 is 2.05 bits per heavy atom. The Morgan fingerprint density at radius 3 is 2.62 bits per heavy atom. The highest BCUT2D eigenvalue weighted by atomic mass is 32.2. The lowest BCUT2D eigenvalue weighted by atomic mass is 9.95. The summed E-state index contributed by atoms with van der Waals surface area (Å²) in [5.74, 6) is -0.217. The molecule has 118 valence electrons. The number of carbonyl (C=O) groups excluding carboxylic acids is 1. The van der Waals surface area contributed by atoms with Crippen LogP contribution in [0.4, 0.5) is 0 Å². The van der Waals surface area contributed by atoms with Gasteiger partial charge in [-0.1, -0.05) is 26.2 Å². The van der Waals surface area contributed by atoms with E-state index in [4.69, 9.17) is 5.14 Å². The zero-order chi connectivity index (χ0) is 15.5. The molecule has 0 atom stereocenters. The number of carbonyl (C=O) groups is 1. The van der Waals surface area contributed by atoms with Gasteiger partial charge in [0.1, 0.15) is 10.6 Å². The van der Waals surface area contributed by atoms with Crippen LogP contribution in [0, 0.1) is 0 Å². The van der Waals surface area contributed by atoms with E-state index in [0.29, 0.717) is 12.2 Å². The average molecular weight is 313 g/mol. The molecule has 21 heavy (non-hydrogen) atoms. The minimum atomic E-state index is -3.79. The molecule has 7 heteroatoms. The van der Waals surface area contributed by atoms with E-state index in [1.54, 1.807) is 4.57 Å². The number of primary sulfonamides is 1. The third-order valence-corrected chi connectivity index (χ3v) is 4.72. The summed E-state index contributed by atoms with van der Waals surface area (Å²) >= 11 is 0. The van der Waals surface area contributed by atoms with Crippen molar-refractivity contribution in [2.24, 2.45) is 5.14 Å². The molecule has 1 aromatic heterocycles. The summed E-state index contributed by atoms with van der Waals surface area (Å²) in [6, 6.07) is 1.55. The first kappa shape index (κ1) is 16.0. The lowest BCUT2D eigenvalue weighted by molar-refractivity contribution is 0.0918. The summed E-state index contributed by atoms with van der Waals surface area (Å²) in [5.41, 5.74) is 0.367. The zero-order valence-electron chi connectivity index (χ0n) is 12.3. The van der Waals surface area contributed by atoms with E-state index in [1.807, 2.05) is 6.92 Å². The lowest BCUT2D eigenvalue weighted by Gasteiger charge is -2.23. The molecule has 0 aliphatic heterocycles. The summed E-state index contributed by atoms with van der Waals surface area (Å²) in [7, 11) is -3.79. The molecule has 6 nitrogen and oxygen atoms in total. The van der Waals surface area contributed by atoms with Crippen LogP contribution < -0.4 is 10.5 Å². The predicted octanol–water partition coefficient (Wildman–Crippen LogP) is 1.61. The van der Waals surface area contributed by atoms with Gasteiger partial charge in [-0.15, -0.1) is 0 Å². The largest absolute Gasteiger partial charge is 0.348 e. The molecule has 1 aliphatic rings. The molecular weight excluding hydrogens is 290 g/mol. The summed E-state index contributed by atoms with van der Waals surface area (Å²) in [6.07, 6.45) is 7.70. The number of aryl methyl sites for hydroxylation is 1. The molecule has 1 amide bonds. The first-order valence-electron chi connectivity index (χ1n) is 7.45. The molecule has 1 saturated carbocycles. The van der Waals surface area contributed by atoms with Crippen molar-refractivity contribution in [1.29, 1.82) is 0 Å². The molecular formula is C14H23N3O3S. The number of hydrogen-bond acceptors (Lipinski definition) is 3. The van der Waals surface area contributed by atoms with E-state index in [9.17, 15) is 13.2 Å². The minimum absolute atomic E-state index is 0.00950. The summed E-state index contributed by atoms with van der Waals surface area (Å²) in [6.45, 7) is 2.56. The molecule has 1 aliphatic carbocycles. The van der Waals surface area contributed by atoms with Gasteiger partial charge in [-0.25, -0.2) is 13.6 Å². The normalized spacial score (nSPS) is 16.9. The molecule has 0 bridgehead atoms. The number of nitrogens with zero attached hydrogens (tertiary/aromatic N) is 1. The summed E-state index contributed by atoms with van der Waals surface area (Å²) < 4.78 is 24.6. The Labute approximate surface area is 125 Å². The predicted molar refractivity (Wildman–Crippen MR) is 80.4 cm³/mol. The number of rotatable bonds is 5. The molecule has 1 heterocycles. The SMILES string of the molecule is CCCn1cc(S(N)(=O)=O)cc1C(=O)NC1CCCCC1. The van der Waals surface area contributed by atoms with Gasteiger partial charge in [0.25, 0.3) is 5.91 Å². The maximum Gasteiger partial charge on any atom is 0.268 e. The Morgan fingerprint density at radius 1 is 1.38 bits per heavy atom. The van der Waals surface area contributed by atoms with E-state index in [2.05, 4.69) is 5.32 Å². The van der Waals surface area contributed by atoms with Crippen LogP contribution in [0.15, 0.2) is 17.2 Å². The Kier molecular flexibility index (Phi) is 5.05. The van der Waals surface area contributed by atoms with E-state index < -0.39 is 10.0 Å². The van der Waals surface area contributed by atoms with Gasteiger partial charge >= 0.3 is 0 Å². The highest BCUT2D eigenvalue weighted by molar-refractivity contribution is 7.89. The Balaban J connectivity index is 2.20. The van der Waals surface area contributed by atoms with Gasteiger partial charge < -0.3 is 9.88 Å². The molecule has 3 N–H and O–H groups in total.